The molecule has 0 spiro atoms. The van der Waals surface area contributed by atoms with Crippen molar-refractivity contribution >= 4 is 11.9 Å². The van der Waals surface area contributed by atoms with Crippen LogP contribution in [0.4, 0.5) is 0 Å². The van der Waals surface area contributed by atoms with Crippen molar-refractivity contribution in [3.63, 3.8) is 0 Å². The molecule has 2 aliphatic rings. The van der Waals surface area contributed by atoms with Crippen LogP contribution in [-0.4, -0.2) is 45.6 Å². The lowest BCUT2D eigenvalue weighted by atomic mass is 10.0. The van der Waals surface area contributed by atoms with Gasteiger partial charge in [0, 0.05) is 18.1 Å². The van der Waals surface area contributed by atoms with Crippen molar-refractivity contribution in [1.29, 1.82) is 0 Å². The summed E-state index contributed by atoms with van der Waals surface area (Å²) < 4.78 is 7.28. The number of rotatable bonds is 8. The predicted octanol–water partition coefficient (Wildman–Crippen LogP) is 3.83. The normalized spacial score (nSPS) is 23.1. The number of hydrogen-bond donors (Lipinski definition) is 1. The van der Waals surface area contributed by atoms with Gasteiger partial charge in [-0.15, -0.1) is 0 Å². The number of carbonyl (C=O) groups excluding carboxylic acids is 2. The number of ether oxygens (including phenoxy) is 1. The summed E-state index contributed by atoms with van der Waals surface area (Å²) in [5, 5.41) is 5.08. The maximum absolute atomic E-state index is 13.1. The molecule has 1 aromatic heterocycles. The highest BCUT2D eigenvalue weighted by Crippen LogP contribution is 2.33. The van der Waals surface area contributed by atoms with E-state index >= 15 is 0 Å². The molecule has 30 heavy (non-hydrogen) atoms. The van der Waals surface area contributed by atoms with Crippen LogP contribution in [0, 0.1) is 0 Å². The molecule has 1 amide bonds. The van der Waals surface area contributed by atoms with Crippen molar-refractivity contribution in [2.45, 2.75) is 83.8 Å². The fraction of sp³-hybridized carbons (Fsp3) is 0.682. The van der Waals surface area contributed by atoms with Crippen molar-refractivity contribution < 1.29 is 14.3 Å². The van der Waals surface area contributed by atoms with Gasteiger partial charge in [-0.3, -0.25) is 4.79 Å². The summed E-state index contributed by atoms with van der Waals surface area (Å²) in [4.78, 5) is 29.6. The minimum atomic E-state index is -0.444. The Labute approximate surface area is 179 Å². The zero-order chi connectivity index (χ0) is 21.3. The third-order valence-corrected chi connectivity index (χ3v) is 5.76. The number of amides is 1. The zero-order valence-corrected chi connectivity index (χ0v) is 18.2. The van der Waals surface area contributed by atoms with Crippen LogP contribution in [0.1, 0.15) is 77.8 Å². The van der Waals surface area contributed by atoms with Crippen molar-refractivity contribution in [3.05, 3.63) is 35.4 Å². The average Bonchev–Trinajstić information content (AvgIpc) is 3.18. The molecule has 3 rings (SSSR count). The van der Waals surface area contributed by atoms with E-state index in [2.05, 4.69) is 21.8 Å². The van der Waals surface area contributed by atoms with E-state index in [0.29, 0.717) is 31.4 Å². The van der Waals surface area contributed by atoms with Gasteiger partial charge < -0.3 is 25.1 Å². The quantitative estimate of drug-likeness (QED) is 0.651. The number of esters is 1. The number of nitrogens with zero attached hydrogens (tertiary/aromatic N) is 4. The SMILES string of the molecule is CCCCN1[N-]C(C(=O)NC2=C(C(=O)OCC)CCCCC2)CCC1n1ccnc1. The highest BCUT2D eigenvalue weighted by Gasteiger charge is 2.26. The minimum Gasteiger partial charge on any atom is -0.582 e. The van der Waals surface area contributed by atoms with E-state index in [4.69, 9.17) is 10.2 Å². The van der Waals surface area contributed by atoms with Crippen LogP contribution in [0.25, 0.3) is 5.43 Å². The molecule has 0 bridgehead atoms. The van der Waals surface area contributed by atoms with Crippen LogP contribution in [0.3, 0.4) is 0 Å². The van der Waals surface area contributed by atoms with E-state index in [1.54, 1.807) is 13.1 Å². The summed E-state index contributed by atoms with van der Waals surface area (Å²) in [5.41, 5.74) is 6.13. The van der Waals surface area contributed by atoms with Gasteiger partial charge in [0.15, 0.2) is 0 Å². The molecule has 1 saturated heterocycles. The van der Waals surface area contributed by atoms with Gasteiger partial charge in [0.25, 0.3) is 0 Å². The molecule has 8 nitrogen and oxygen atoms in total. The Hall–Kier alpha value is -2.19. The maximum atomic E-state index is 13.1. The number of nitrogens with one attached hydrogen (secondary N) is 1. The first-order chi connectivity index (χ1) is 14.6. The Kier molecular flexibility index (Phi) is 8.45. The monoisotopic (exact) mass is 416 g/mol. The summed E-state index contributed by atoms with van der Waals surface area (Å²) in [6.07, 6.45) is 13.5. The first-order valence-electron chi connectivity index (χ1n) is 11.3. The van der Waals surface area contributed by atoms with Gasteiger partial charge >= 0.3 is 5.97 Å². The Balaban J connectivity index is 1.70. The first-order valence-corrected chi connectivity index (χ1v) is 11.3. The molecular formula is C22H34N5O3-. The largest absolute Gasteiger partial charge is 0.582 e. The van der Waals surface area contributed by atoms with Crippen molar-refractivity contribution in [1.82, 2.24) is 19.9 Å². The molecule has 1 fully saturated rings. The number of aromatic nitrogens is 2. The van der Waals surface area contributed by atoms with Crippen molar-refractivity contribution in [2.24, 2.45) is 0 Å². The van der Waals surface area contributed by atoms with Gasteiger partial charge in [0.2, 0.25) is 5.91 Å². The summed E-state index contributed by atoms with van der Waals surface area (Å²) in [6.45, 7) is 5.09. The molecule has 2 unspecified atom stereocenters. The molecule has 0 radical (unpaired) electrons. The molecule has 166 valence electrons. The van der Waals surface area contributed by atoms with Gasteiger partial charge in [-0.25, -0.2) is 9.78 Å². The maximum Gasteiger partial charge on any atom is 0.335 e. The minimum absolute atomic E-state index is 0.0929. The molecular weight excluding hydrogens is 382 g/mol. The van der Waals surface area contributed by atoms with Crippen LogP contribution in [0.15, 0.2) is 30.0 Å². The molecule has 1 N–H and O–H groups in total. The summed E-state index contributed by atoms with van der Waals surface area (Å²) >= 11 is 0. The Morgan fingerprint density at radius 1 is 1.23 bits per heavy atom. The lowest BCUT2D eigenvalue weighted by Crippen LogP contribution is -2.44. The average molecular weight is 417 g/mol. The standard InChI is InChI=1S/C22H34N5O3/c1-3-5-14-27-20(26-15-13-23-16-26)12-11-19(25-27)21(28)24-18-10-8-6-7-9-17(18)22(29)30-4-2/h13,15-16,19-20H,3-12,14H2,1-2H3,(H,24,28)/q-1. The molecule has 2 heterocycles. The lowest BCUT2D eigenvalue weighted by Gasteiger charge is -2.52. The molecule has 8 heteroatoms. The van der Waals surface area contributed by atoms with Crippen molar-refractivity contribution in [2.75, 3.05) is 13.2 Å². The van der Waals surface area contributed by atoms with Gasteiger partial charge in [0.1, 0.15) is 0 Å². The zero-order valence-electron chi connectivity index (χ0n) is 18.2. The van der Waals surface area contributed by atoms with Crippen LogP contribution in [-0.2, 0) is 14.3 Å². The molecule has 1 aliphatic heterocycles. The highest BCUT2D eigenvalue weighted by molar-refractivity contribution is 5.92. The molecule has 2 atom stereocenters. The summed E-state index contributed by atoms with van der Waals surface area (Å²) in [7, 11) is 0. The highest BCUT2D eigenvalue weighted by atomic mass is 16.5. The molecule has 1 aliphatic carbocycles. The van der Waals surface area contributed by atoms with Gasteiger partial charge in [-0.05, 0) is 58.0 Å². The van der Waals surface area contributed by atoms with Gasteiger partial charge in [-0.1, -0.05) is 26.2 Å². The van der Waals surface area contributed by atoms with E-state index in [1.807, 2.05) is 17.5 Å². The Morgan fingerprint density at radius 3 is 2.80 bits per heavy atom. The van der Waals surface area contributed by atoms with Gasteiger partial charge in [-0.2, -0.15) is 0 Å². The van der Waals surface area contributed by atoms with Crippen molar-refractivity contribution in [3.8, 4) is 0 Å². The first kappa shape index (κ1) is 22.5. The molecule has 0 aromatic carbocycles. The van der Waals surface area contributed by atoms with E-state index in [1.165, 1.54) is 0 Å². The molecule has 0 saturated carbocycles. The fourth-order valence-electron chi connectivity index (χ4n) is 4.12. The Morgan fingerprint density at radius 2 is 2.07 bits per heavy atom. The van der Waals surface area contributed by atoms with E-state index in [0.717, 1.165) is 50.8 Å². The smallest absolute Gasteiger partial charge is 0.335 e. The number of unbranched alkanes of at least 4 members (excludes halogenated alkanes) is 1. The number of carbonyl (C=O) groups is 2. The lowest BCUT2D eigenvalue weighted by molar-refractivity contribution is -0.138. The van der Waals surface area contributed by atoms with Crippen LogP contribution in [0.2, 0.25) is 0 Å². The topological polar surface area (TPSA) is 90.6 Å². The number of imidazole rings is 1. The van der Waals surface area contributed by atoms with Crippen LogP contribution in [0.5, 0.6) is 0 Å². The van der Waals surface area contributed by atoms with E-state index < -0.39 is 6.04 Å². The van der Waals surface area contributed by atoms with E-state index in [9.17, 15) is 9.59 Å². The number of allylic oxidation sites excluding steroid dienone is 1. The molecule has 1 aromatic rings. The van der Waals surface area contributed by atoms with Gasteiger partial charge in [0.05, 0.1) is 24.7 Å². The summed E-state index contributed by atoms with van der Waals surface area (Å²) in [6, 6.07) is -0.444. The summed E-state index contributed by atoms with van der Waals surface area (Å²) in [5.74, 6) is -0.431. The Bertz CT molecular complexity index is 731. The predicted molar refractivity (Wildman–Crippen MR) is 114 cm³/mol. The third kappa shape index (κ3) is 5.70. The van der Waals surface area contributed by atoms with E-state index in [-0.39, 0.29) is 18.0 Å². The second-order valence-corrected chi connectivity index (χ2v) is 7.94. The van der Waals surface area contributed by atoms with Crippen LogP contribution >= 0.6 is 0 Å². The third-order valence-electron chi connectivity index (χ3n) is 5.76. The fourth-order valence-corrected chi connectivity index (χ4v) is 4.12. The van der Waals surface area contributed by atoms with Crippen LogP contribution < -0.4 is 5.32 Å². The second kappa shape index (κ2) is 11.3. The second-order valence-electron chi connectivity index (χ2n) is 7.94. The number of hydrogen-bond acceptors (Lipinski definition) is 5.